The molecule has 1 aromatic carbocycles. The number of carbonyl (C=O) groups excluding carboxylic acids is 1. The van der Waals surface area contributed by atoms with Crippen molar-refractivity contribution in [1.29, 1.82) is 0 Å². The van der Waals surface area contributed by atoms with Gasteiger partial charge in [0.1, 0.15) is 5.82 Å². The van der Waals surface area contributed by atoms with E-state index in [0.29, 0.717) is 60.7 Å². The first-order chi connectivity index (χ1) is 16.1. The van der Waals surface area contributed by atoms with Crippen molar-refractivity contribution < 1.29 is 19.0 Å². The highest BCUT2D eigenvalue weighted by molar-refractivity contribution is 7.99. The maximum atomic E-state index is 12.7. The SMILES string of the molecule is CCOCCNc1nc(SCC)nc2c1cnn2CCNC(=O)c1cccc(OC)c1OC. The Hall–Kier alpha value is -3.05. The molecule has 0 aliphatic rings. The van der Waals surface area contributed by atoms with E-state index in [4.69, 9.17) is 14.2 Å². The van der Waals surface area contributed by atoms with E-state index in [0.717, 1.165) is 17.0 Å². The number of para-hydroxylation sites is 1. The van der Waals surface area contributed by atoms with Crippen LogP contribution in [0.1, 0.15) is 24.2 Å². The van der Waals surface area contributed by atoms with Gasteiger partial charge in [-0.15, -0.1) is 0 Å². The van der Waals surface area contributed by atoms with Crippen molar-refractivity contribution in [2.45, 2.75) is 25.5 Å². The normalized spacial score (nSPS) is 10.9. The zero-order chi connectivity index (χ0) is 23.6. The Balaban J connectivity index is 1.73. The monoisotopic (exact) mass is 474 g/mol. The molecule has 0 aliphatic carbocycles. The molecule has 0 atom stereocenters. The number of thioether (sulfide) groups is 1. The van der Waals surface area contributed by atoms with Crippen LogP contribution < -0.4 is 20.1 Å². The number of methoxy groups -OCH3 is 2. The summed E-state index contributed by atoms with van der Waals surface area (Å²) in [4.78, 5) is 22.0. The molecular weight excluding hydrogens is 444 g/mol. The molecule has 2 heterocycles. The fourth-order valence-electron chi connectivity index (χ4n) is 3.25. The minimum Gasteiger partial charge on any atom is -0.493 e. The number of carbonyl (C=O) groups is 1. The predicted octanol–water partition coefficient (Wildman–Crippen LogP) is 2.83. The highest BCUT2D eigenvalue weighted by atomic mass is 32.2. The third kappa shape index (κ3) is 6.05. The molecule has 0 fully saturated rings. The number of hydrogen-bond donors (Lipinski definition) is 2. The van der Waals surface area contributed by atoms with Crippen molar-refractivity contribution in [2.24, 2.45) is 0 Å². The summed E-state index contributed by atoms with van der Waals surface area (Å²) in [6.45, 7) is 6.73. The Kier molecular flexibility index (Phi) is 9.14. The maximum Gasteiger partial charge on any atom is 0.255 e. The van der Waals surface area contributed by atoms with Gasteiger partial charge in [0.25, 0.3) is 5.91 Å². The van der Waals surface area contributed by atoms with Gasteiger partial charge in [-0.25, -0.2) is 14.6 Å². The van der Waals surface area contributed by atoms with Crippen LogP contribution in [-0.2, 0) is 11.3 Å². The van der Waals surface area contributed by atoms with Crippen LogP contribution in [0.4, 0.5) is 5.82 Å². The molecule has 1 amide bonds. The Morgan fingerprint density at radius 3 is 2.73 bits per heavy atom. The van der Waals surface area contributed by atoms with E-state index in [-0.39, 0.29) is 5.91 Å². The van der Waals surface area contributed by atoms with Crippen molar-refractivity contribution in [3.63, 3.8) is 0 Å². The second kappa shape index (κ2) is 12.3. The molecule has 33 heavy (non-hydrogen) atoms. The summed E-state index contributed by atoms with van der Waals surface area (Å²) in [6.07, 6.45) is 1.74. The Labute approximate surface area is 197 Å². The third-order valence-electron chi connectivity index (χ3n) is 4.75. The van der Waals surface area contributed by atoms with Crippen molar-refractivity contribution >= 4 is 34.5 Å². The molecule has 0 spiro atoms. The third-order valence-corrected chi connectivity index (χ3v) is 5.48. The number of aromatic nitrogens is 4. The van der Waals surface area contributed by atoms with Gasteiger partial charge >= 0.3 is 0 Å². The molecule has 178 valence electrons. The number of hydrogen-bond acceptors (Lipinski definition) is 9. The predicted molar refractivity (Wildman–Crippen MR) is 129 cm³/mol. The largest absolute Gasteiger partial charge is 0.493 e. The van der Waals surface area contributed by atoms with Crippen LogP contribution in [0, 0.1) is 0 Å². The smallest absolute Gasteiger partial charge is 0.255 e. The fraction of sp³-hybridized carbons (Fsp3) is 0.455. The zero-order valence-electron chi connectivity index (χ0n) is 19.4. The van der Waals surface area contributed by atoms with E-state index < -0.39 is 0 Å². The molecule has 2 aromatic heterocycles. The zero-order valence-corrected chi connectivity index (χ0v) is 20.2. The Morgan fingerprint density at radius 1 is 1.15 bits per heavy atom. The molecule has 2 N–H and O–H groups in total. The van der Waals surface area contributed by atoms with Crippen molar-refractivity contribution in [2.75, 3.05) is 51.6 Å². The number of benzene rings is 1. The van der Waals surface area contributed by atoms with Crippen LogP contribution in [0.3, 0.4) is 0 Å². The van der Waals surface area contributed by atoms with Gasteiger partial charge in [0.15, 0.2) is 22.3 Å². The van der Waals surface area contributed by atoms with Crippen LogP contribution in [0.2, 0.25) is 0 Å². The number of nitrogens with one attached hydrogen (secondary N) is 2. The quantitative estimate of drug-likeness (QED) is 0.219. The van der Waals surface area contributed by atoms with Gasteiger partial charge in [0, 0.05) is 19.7 Å². The van der Waals surface area contributed by atoms with Crippen LogP contribution in [-0.4, -0.2) is 71.9 Å². The van der Waals surface area contributed by atoms with Gasteiger partial charge in [-0.05, 0) is 24.8 Å². The lowest BCUT2D eigenvalue weighted by Crippen LogP contribution is -2.28. The standard InChI is InChI=1S/C22H30N6O4S/c1-5-32-13-11-23-19-16-14-25-28(20(16)27-22(26-19)33-6-2)12-10-24-21(29)15-8-7-9-17(30-3)18(15)31-4/h7-9,14H,5-6,10-13H2,1-4H3,(H,24,29)(H,23,26,27). The lowest BCUT2D eigenvalue weighted by atomic mass is 10.1. The van der Waals surface area contributed by atoms with Crippen molar-refractivity contribution in [3.05, 3.63) is 30.0 Å². The fourth-order valence-corrected chi connectivity index (χ4v) is 3.81. The average molecular weight is 475 g/mol. The molecule has 10 nitrogen and oxygen atoms in total. The summed E-state index contributed by atoms with van der Waals surface area (Å²) >= 11 is 1.56. The topological polar surface area (TPSA) is 112 Å². The van der Waals surface area contributed by atoms with E-state index >= 15 is 0 Å². The molecule has 3 aromatic rings. The first-order valence-electron chi connectivity index (χ1n) is 10.8. The molecule has 0 saturated heterocycles. The molecule has 3 rings (SSSR count). The van der Waals surface area contributed by atoms with Gasteiger partial charge in [0.05, 0.1) is 44.5 Å². The van der Waals surface area contributed by atoms with Crippen LogP contribution in [0.25, 0.3) is 11.0 Å². The highest BCUT2D eigenvalue weighted by Gasteiger charge is 2.17. The molecule has 0 saturated carbocycles. The van der Waals surface area contributed by atoms with Gasteiger partial charge in [-0.1, -0.05) is 24.8 Å². The summed E-state index contributed by atoms with van der Waals surface area (Å²) in [7, 11) is 3.05. The highest BCUT2D eigenvalue weighted by Crippen LogP contribution is 2.30. The maximum absolute atomic E-state index is 12.7. The summed E-state index contributed by atoms with van der Waals surface area (Å²) in [5.74, 6) is 2.24. The Morgan fingerprint density at radius 2 is 2.00 bits per heavy atom. The number of nitrogens with zero attached hydrogens (tertiary/aromatic N) is 4. The number of anilines is 1. The number of rotatable bonds is 13. The van der Waals surface area contributed by atoms with Crippen molar-refractivity contribution in [1.82, 2.24) is 25.1 Å². The first kappa shape index (κ1) is 24.6. The summed E-state index contributed by atoms with van der Waals surface area (Å²) < 4.78 is 17.8. The molecular formula is C22H30N6O4S. The number of amides is 1. The number of ether oxygens (including phenoxy) is 3. The van der Waals surface area contributed by atoms with E-state index in [1.807, 2.05) is 6.92 Å². The second-order valence-corrected chi connectivity index (χ2v) is 8.04. The van der Waals surface area contributed by atoms with Crippen LogP contribution in [0.15, 0.2) is 29.6 Å². The van der Waals surface area contributed by atoms with E-state index in [1.165, 1.54) is 14.2 Å². The molecule has 0 aliphatic heterocycles. The van der Waals surface area contributed by atoms with Gasteiger partial charge in [-0.3, -0.25) is 4.79 Å². The molecule has 0 bridgehead atoms. The van der Waals surface area contributed by atoms with E-state index in [2.05, 4.69) is 32.6 Å². The van der Waals surface area contributed by atoms with Gasteiger partial charge < -0.3 is 24.8 Å². The minimum absolute atomic E-state index is 0.252. The van der Waals surface area contributed by atoms with Crippen molar-refractivity contribution in [3.8, 4) is 11.5 Å². The van der Waals surface area contributed by atoms with Gasteiger partial charge in [-0.2, -0.15) is 5.10 Å². The Bertz CT molecular complexity index is 1070. The lowest BCUT2D eigenvalue weighted by molar-refractivity contribution is 0.0948. The van der Waals surface area contributed by atoms with E-state index in [9.17, 15) is 4.79 Å². The van der Waals surface area contributed by atoms with Crippen LogP contribution >= 0.6 is 11.8 Å². The van der Waals surface area contributed by atoms with Crippen LogP contribution in [0.5, 0.6) is 11.5 Å². The second-order valence-electron chi connectivity index (χ2n) is 6.81. The average Bonchev–Trinajstić information content (AvgIpc) is 3.24. The minimum atomic E-state index is -0.252. The molecule has 11 heteroatoms. The summed E-state index contributed by atoms with van der Waals surface area (Å²) in [5.41, 5.74) is 1.12. The van der Waals surface area contributed by atoms with E-state index in [1.54, 1.807) is 40.8 Å². The number of fused-ring (bicyclic) bond motifs is 1. The summed E-state index contributed by atoms with van der Waals surface area (Å²) in [5, 5.41) is 12.2. The molecule has 0 radical (unpaired) electrons. The van der Waals surface area contributed by atoms with Gasteiger partial charge in [0.2, 0.25) is 0 Å². The first-order valence-corrected chi connectivity index (χ1v) is 11.8. The molecule has 0 unspecified atom stereocenters. The lowest BCUT2D eigenvalue weighted by Gasteiger charge is -2.13. The summed E-state index contributed by atoms with van der Waals surface area (Å²) in [6, 6.07) is 5.19.